The molecule has 0 aromatic carbocycles. The third kappa shape index (κ3) is 4.87. The minimum absolute atomic E-state index is 0.101. The number of aliphatic imine (C=N–C) groups is 2. The summed E-state index contributed by atoms with van der Waals surface area (Å²) in [6.07, 6.45) is 5.27. The second kappa shape index (κ2) is 8.84. The number of piperazine rings is 1. The van der Waals surface area contributed by atoms with E-state index in [4.69, 9.17) is 0 Å². The van der Waals surface area contributed by atoms with E-state index in [1.807, 2.05) is 4.90 Å². The first-order valence-corrected chi connectivity index (χ1v) is 9.22. The monoisotopic (exact) mass is 382 g/mol. The number of aliphatic hydroxyl groups is 1. The lowest BCUT2D eigenvalue weighted by Gasteiger charge is -2.39. The van der Waals surface area contributed by atoms with Crippen LogP contribution in [0.5, 0.6) is 0 Å². The Morgan fingerprint density at radius 2 is 2.11 bits per heavy atom. The minimum atomic E-state index is -2.91. The van der Waals surface area contributed by atoms with Gasteiger partial charge in [-0.1, -0.05) is 25.7 Å². The molecule has 1 fully saturated rings. The van der Waals surface area contributed by atoms with Crippen molar-refractivity contribution in [1.29, 1.82) is 0 Å². The summed E-state index contributed by atoms with van der Waals surface area (Å²) >= 11 is 0. The van der Waals surface area contributed by atoms with E-state index < -0.39 is 17.7 Å². The van der Waals surface area contributed by atoms with Crippen molar-refractivity contribution in [1.82, 2.24) is 9.80 Å². The summed E-state index contributed by atoms with van der Waals surface area (Å²) in [5.41, 5.74) is -1.54. The highest BCUT2D eigenvalue weighted by Crippen LogP contribution is 2.26. The first-order valence-electron chi connectivity index (χ1n) is 9.22. The second-order valence-electron chi connectivity index (χ2n) is 6.82. The number of allylic oxidation sites excluding steroid dienone is 2. The van der Waals surface area contributed by atoms with Gasteiger partial charge in [-0.2, -0.15) is 0 Å². The van der Waals surface area contributed by atoms with Crippen LogP contribution in [-0.2, 0) is 4.79 Å². The van der Waals surface area contributed by atoms with Crippen LogP contribution in [0.2, 0.25) is 0 Å². The molecule has 1 saturated heterocycles. The highest BCUT2D eigenvalue weighted by Gasteiger charge is 2.41. The molecule has 27 heavy (non-hydrogen) atoms. The first-order chi connectivity index (χ1) is 12.8. The Kier molecular flexibility index (Phi) is 7.00. The number of hydrogen-bond donors (Lipinski definition) is 1. The van der Waals surface area contributed by atoms with Crippen LogP contribution in [-0.4, -0.2) is 83.7 Å². The summed E-state index contributed by atoms with van der Waals surface area (Å²) < 4.78 is 27.7. The molecule has 0 aliphatic carbocycles. The number of nitrogens with zero attached hydrogens (tertiary/aromatic N) is 4. The number of hydrogen-bond acceptors (Lipinski definition) is 5. The number of rotatable bonds is 7. The van der Waals surface area contributed by atoms with Crippen molar-refractivity contribution in [3.8, 4) is 0 Å². The largest absolute Gasteiger partial charge is 0.378 e. The normalized spacial score (nSPS) is 26.0. The van der Waals surface area contributed by atoms with E-state index in [0.717, 1.165) is 0 Å². The van der Waals surface area contributed by atoms with E-state index in [-0.39, 0.29) is 30.9 Å². The van der Waals surface area contributed by atoms with Crippen molar-refractivity contribution in [2.45, 2.75) is 44.4 Å². The Hall–Kier alpha value is -1.93. The zero-order valence-electron chi connectivity index (χ0n) is 15.9. The number of carbonyl (C=O) groups excluding carboxylic acids is 1. The smallest absolute Gasteiger partial charge is 0.274 e. The van der Waals surface area contributed by atoms with E-state index in [9.17, 15) is 18.7 Å². The topological polar surface area (TPSA) is 68.5 Å². The predicted molar refractivity (Wildman–Crippen MR) is 103 cm³/mol. The third-order valence-corrected chi connectivity index (χ3v) is 5.04. The SMILES string of the molecule is C=CC(/N=C\C(=C/C)C(F)(F)CC)N1CCN(C(=O)C2(O)CC=NC2)CC1. The highest BCUT2D eigenvalue weighted by atomic mass is 19.3. The summed E-state index contributed by atoms with van der Waals surface area (Å²) in [7, 11) is 0. The number of amides is 1. The van der Waals surface area contributed by atoms with Gasteiger partial charge < -0.3 is 10.0 Å². The lowest BCUT2D eigenvalue weighted by molar-refractivity contribution is -0.150. The van der Waals surface area contributed by atoms with Crippen molar-refractivity contribution in [3.63, 3.8) is 0 Å². The van der Waals surface area contributed by atoms with Crippen LogP contribution in [0, 0.1) is 0 Å². The molecular weight excluding hydrogens is 354 g/mol. The molecule has 0 spiro atoms. The van der Waals surface area contributed by atoms with Gasteiger partial charge in [0.1, 0.15) is 6.17 Å². The Labute approximate surface area is 159 Å². The molecule has 0 saturated carbocycles. The fourth-order valence-electron chi connectivity index (χ4n) is 3.18. The molecule has 0 aromatic rings. The standard InChI is InChI=1S/C19H28F2N4O2/c1-4-15(19(20,21)6-3)13-23-16(5-2)24-9-11-25(12-10-24)17(26)18(27)7-8-22-14-18/h4-5,8,13,16,27H,2,6-7,9-12,14H2,1,3H3/b15-4+,23-13-. The van der Waals surface area contributed by atoms with Gasteiger partial charge in [-0.15, -0.1) is 0 Å². The molecule has 6 nitrogen and oxygen atoms in total. The number of carbonyl (C=O) groups is 1. The van der Waals surface area contributed by atoms with Crippen LogP contribution < -0.4 is 0 Å². The van der Waals surface area contributed by atoms with Crippen molar-refractivity contribution in [3.05, 3.63) is 24.3 Å². The molecule has 2 heterocycles. The lowest BCUT2D eigenvalue weighted by atomic mass is 10.0. The maximum Gasteiger partial charge on any atom is 0.274 e. The lowest BCUT2D eigenvalue weighted by Crippen LogP contribution is -2.57. The van der Waals surface area contributed by atoms with E-state index in [1.165, 1.54) is 19.2 Å². The Balaban J connectivity index is 1.96. The molecular formula is C19H28F2N4O2. The Bertz CT molecular complexity index is 630. The van der Waals surface area contributed by atoms with Gasteiger partial charge in [0.2, 0.25) is 0 Å². The van der Waals surface area contributed by atoms with Gasteiger partial charge in [-0.3, -0.25) is 19.7 Å². The predicted octanol–water partition coefficient (Wildman–Crippen LogP) is 1.91. The zero-order chi connectivity index (χ0) is 20.1. The molecule has 150 valence electrons. The molecule has 1 amide bonds. The van der Waals surface area contributed by atoms with Gasteiger partial charge in [0, 0.05) is 57.0 Å². The molecule has 2 rings (SSSR count). The molecule has 2 aliphatic rings. The number of halogens is 2. The average molecular weight is 382 g/mol. The molecule has 0 aromatic heterocycles. The number of alkyl halides is 2. The molecule has 2 atom stereocenters. The van der Waals surface area contributed by atoms with Crippen LogP contribution in [0.4, 0.5) is 8.78 Å². The molecule has 0 radical (unpaired) electrons. The van der Waals surface area contributed by atoms with E-state index in [0.29, 0.717) is 26.2 Å². The quantitative estimate of drug-likeness (QED) is 0.540. The van der Waals surface area contributed by atoms with Gasteiger partial charge in [-0.05, 0) is 6.92 Å². The molecule has 0 bridgehead atoms. The van der Waals surface area contributed by atoms with Gasteiger partial charge in [-0.25, -0.2) is 8.78 Å². The summed E-state index contributed by atoms with van der Waals surface area (Å²) in [6, 6.07) is 0. The Morgan fingerprint density at radius 3 is 2.59 bits per heavy atom. The van der Waals surface area contributed by atoms with Gasteiger partial charge in [0.05, 0.1) is 6.54 Å². The van der Waals surface area contributed by atoms with Crippen LogP contribution in [0.25, 0.3) is 0 Å². The van der Waals surface area contributed by atoms with Crippen molar-refractivity contribution in [2.24, 2.45) is 9.98 Å². The zero-order valence-corrected chi connectivity index (χ0v) is 15.9. The van der Waals surface area contributed by atoms with Crippen molar-refractivity contribution < 1.29 is 18.7 Å². The van der Waals surface area contributed by atoms with E-state index in [2.05, 4.69) is 16.6 Å². The summed E-state index contributed by atoms with van der Waals surface area (Å²) in [4.78, 5) is 24.3. The van der Waals surface area contributed by atoms with Crippen molar-refractivity contribution >= 4 is 18.3 Å². The van der Waals surface area contributed by atoms with Gasteiger partial charge >= 0.3 is 0 Å². The summed E-state index contributed by atoms with van der Waals surface area (Å²) in [5, 5.41) is 10.4. The molecule has 2 aliphatic heterocycles. The summed E-state index contributed by atoms with van der Waals surface area (Å²) in [6.45, 7) is 8.76. The molecule has 1 N–H and O–H groups in total. The fourth-order valence-corrected chi connectivity index (χ4v) is 3.18. The van der Waals surface area contributed by atoms with Gasteiger partial charge in [0.15, 0.2) is 5.60 Å². The van der Waals surface area contributed by atoms with Crippen molar-refractivity contribution in [2.75, 3.05) is 32.7 Å². The van der Waals surface area contributed by atoms with Crippen LogP contribution in [0.3, 0.4) is 0 Å². The maximum absolute atomic E-state index is 13.9. The van der Waals surface area contributed by atoms with Crippen LogP contribution >= 0.6 is 0 Å². The average Bonchev–Trinajstić information content (AvgIpc) is 3.12. The minimum Gasteiger partial charge on any atom is -0.378 e. The Morgan fingerprint density at radius 1 is 1.44 bits per heavy atom. The highest BCUT2D eigenvalue weighted by molar-refractivity contribution is 5.90. The third-order valence-electron chi connectivity index (χ3n) is 5.04. The van der Waals surface area contributed by atoms with E-state index in [1.54, 1.807) is 24.1 Å². The van der Waals surface area contributed by atoms with E-state index >= 15 is 0 Å². The molecule has 8 heteroatoms. The van der Waals surface area contributed by atoms with Crippen LogP contribution in [0.1, 0.15) is 26.7 Å². The maximum atomic E-state index is 13.9. The second-order valence-corrected chi connectivity index (χ2v) is 6.82. The molecule has 2 unspecified atom stereocenters. The van der Waals surface area contributed by atoms with Gasteiger partial charge in [0.25, 0.3) is 11.8 Å². The summed E-state index contributed by atoms with van der Waals surface area (Å²) in [5.74, 6) is -3.22. The fraction of sp³-hybridized carbons (Fsp3) is 0.632. The first kappa shape index (κ1) is 21.4. The van der Waals surface area contributed by atoms with Crippen LogP contribution in [0.15, 0.2) is 34.3 Å².